The fourth-order valence-electron chi connectivity index (χ4n) is 4.49. The average Bonchev–Trinajstić information content (AvgIpc) is 2.85. The maximum absolute atomic E-state index is 12.2. The van der Waals surface area contributed by atoms with Crippen LogP contribution < -0.4 is 15.9 Å². The van der Waals surface area contributed by atoms with Crippen molar-refractivity contribution in [2.45, 2.75) is 39.2 Å². The quantitative estimate of drug-likeness (QED) is 0.168. The molecule has 34 heavy (non-hydrogen) atoms. The second kappa shape index (κ2) is 11.9. The molecule has 6 heteroatoms. The molecule has 0 unspecified atom stereocenters. The van der Waals surface area contributed by atoms with Crippen LogP contribution in [0.5, 0.6) is 0 Å². The molecule has 0 aromatic heterocycles. The number of carbonyl (C=O) groups is 2. The molecule has 0 aliphatic heterocycles. The van der Waals surface area contributed by atoms with Crippen LogP contribution in [0, 0.1) is 0 Å². The average molecular weight is 590 g/mol. The summed E-state index contributed by atoms with van der Waals surface area (Å²) < 4.78 is 7.92. The minimum atomic E-state index is -3.09. The third kappa shape index (κ3) is 5.87. The maximum atomic E-state index is 12.2. The van der Waals surface area contributed by atoms with Gasteiger partial charge in [0.15, 0.2) is 0 Å². The molecule has 0 heterocycles. The molecule has 0 amide bonds. The summed E-state index contributed by atoms with van der Waals surface area (Å²) in [6.07, 6.45) is 1.80. The van der Waals surface area contributed by atoms with Gasteiger partial charge in [0.25, 0.3) is 0 Å². The number of rotatable bonds is 11. The molecule has 0 spiro atoms. The fourth-order valence-corrected chi connectivity index (χ4v) is 13.6. The zero-order valence-electron chi connectivity index (χ0n) is 19.7. The van der Waals surface area contributed by atoms with Crippen molar-refractivity contribution in [2.24, 2.45) is 0 Å². The van der Waals surface area contributed by atoms with Gasteiger partial charge in [-0.2, -0.15) is 0 Å². The summed E-state index contributed by atoms with van der Waals surface area (Å²) in [4.78, 5) is 24.1. The number of benzene rings is 3. The van der Waals surface area contributed by atoms with Gasteiger partial charge < -0.3 is 0 Å². The second-order valence-corrected chi connectivity index (χ2v) is 19.0. The van der Waals surface area contributed by atoms with Gasteiger partial charge in [0.05, 0.1) is 0 Å². The molecule has 4 nitrogen and oxygen atoms in total. The molecular formula is C28H32IO4P. The van der Waals surface area contributed by atoms with E-state index in [4.69, 9.17) is 9.47 Å². The molecule has 3 aromatic carbocycles. The summed E-state index contributed by atoms with van der Waals surface area (Å²) >= 11 is 2.69. The molecule has 0 radical (unpaired) electrons. The van der Waals surface area contributed by atoms with Crippen LogP contribution in [0.25, 0.3) is 0 Å². The second-order valence-electron chi connectivity index (χ2n) is 8.30. The Morgan fingerprint density at radius 1 is 0.824 bits per heavy atom. The van der Waals surface area contributed by atoms with E-state index in [2.05, 4.69) is 94.8 Å². The van der Waals surface area contributed by atoms with E-state index >= 15 is 0 Å². The Morgan fingerprint density at radius 2 is 1.26 bits per heavy atom. The molecular weight excluding hydrogens is 558 g/mol. The van der Waals surface area contributed by atoms with Gasteiger partial charge in [-0.15, -0.1) is 0 Å². The first-order valence-electron chi connectivity index (χ1n) is 11.6. The number of hydrogen-bond donors (Lipinski definition) is 0. The number of carbonyl (C=O) groups excluding carboxylic acids is 2. The molecule has 1 atom stereocenters. The van der Waals surface area contributed by atoms with Crippen molar-refractivity contribution < 1.29 is 19.1 Å². The van der Waals surface area contributed by atoms with E-state index in [9.17, 15) is 9.59 Å². The Kier molecular flexibility index (Phi) is 9.26. The summed E-state index contributed by atoms with van der Waals surface area (Å²) in [5.41, 5.74) is 0. The Morgan fingerprint density at radius 3 is 1.65 bits per heavy atom. The van der Waals surface area contributed by atoms with Crippen LogP contribution in [0.4, 0.5) is 0 Å². The first-order chi connectivity index (χ1) is 16.4. The van der Waals surface area contributed by atoms with Crippen LogP contribution >= 0.6 is 26.3 Å². The fraction of sp³-hybridized carbons (Fsp3) is 0.286. The summed E-state index contributed by atoms with van der Waals surface area (Å²) in [5, 5.41) is 3.69. The predicted molar refractivity (Wildman–Crippen MR) is 150 cm³/mol. The standard InChI is InChI=1S/C28H32IO4P/c1-3-32-28(31)21-13-14-24(33-23(2)30)22-34(29,25-15-7-4-8-16-25,26-17-9-5-10-18-26)27-19-11-6-12-20-27/h4-12,15-20,24H,3,13-14,21-22H2,1-2H3/t24-/m0/s1. The molecule has 3 aromatic rings. The molecule has 0 aliphatic carbocycles. The zero-order valence-corrected chi connectivity index (χ0v) is 22.8. The molecule has 0 aliphatic rings. The number of esters is 2. The van der Waals surface area contributed by atoms with Gasteiger partial charge >= 0.3 is 216 Å². The molecule has 0 saturated carbocycles. The van der Waals surface area contributed by atoms with Gasteiger partial charge in [0.2, 0.25) is 0 Å². The monoisotopic (exact) mass is 590 g/mol. The predicted octanol–water partition coefficient (Wildman–Crippen LogP) is 5.53. The Labute approximate surface area is 215 Å². The molecule has 180 valence electrons. The van der Waals surface area contributed by atoms with Gasteiger partial charge in [0.1, 0.15) is 0 Å². The van der Waals surface area contributed by atoms with E-state index in [-0.39, 0.29) is 18.0 Å². The number of halogens is 1. The van der Waals surface area contributed by atoms with Crippen LogP contribution in [0.15, 0.2) is 91.0 Å². The van der Waals surface area contributed by atoms with Crippen molar-refractivity contribution in [1.29, 1.82) is 0 Å². The Bertz CT molecular complexity index is 974. The van der Waals surface area contributed by atoms with Crippen LogP contribution in [0.2, 0.25) is 0 Å². The Balaban J connectivity index is 2.14. The van der Waals surface area contributed by atoms with E-state index in [1.807, 2.05) is 18.2 Å². The van der Waals surface area contributed by atoms with Gasteiger partial charge in [0, 0.05) is 0 Å². The molecule has 0 bridgehead atoms. The van der Waals surface area contributed by atoms with E-state index in [1.165, 1.54) is 22.8 Å². The molecule has 0 saturated heterocycles. The molecule has 0 fully saturated rings. The third-order valence-electron chi connectivity index (χ3n) is 5.98. The van der Waals surface area contributed by atoms with Crippen molar-refractivity contribution in [3.8, 4) is 0 Å². The Hall–Kier alpha value is -2.24. The van der Waals surface area contributed by atoms with Crippen molar-refractivity contribution >= 4 is 54.1 Å². The first kappa shape index (κ1) is 26.4. The van der Waals surface area contributed by atoms with E-state index < -0.39 is 4.25 Å². The van der Waals surface area contributed by atoms with Gasteiger partial charge in [-0.3, -0.25) is 0 Å². The van der Waals surface area contributed by atoms with Crippen LogP contribution in [0.1, 0.15) is 33.1 Å². The third-order valence-corrected chi connectivity index (χ3v) is 17.4. The van der Waals surface area contributed by atoms with Crippen LogP contribution in [-0.2, 0) is 19.1 Å². The zero-order chi connectivity index (χ0) is 24.5. The van der Waals surface area contributed by atoms with Crippen molar-refractivity contribution in [2.75, 3.05) is 12.8 Å². The minimum absolute atomic E-state index is 0.217. The van der Waals surface area contributed by atoms with Crippen molar-refractivity contribution in [3.05, 3.63) is 91.0 Å². The van der Waals surface area contributed by atoms with Crippen LogP contribution in [-0.4, -0.2) is 30.8 Å². The summed E-state index contributed by atoms with van der Waals surface area (Å²) in [6.45, 7) is 3.62. The number of ether oxygens (including phenoxy) is 2. The van der Waals surface area contributed by atoms with Crippen molar-refractivity contribution in [3.63, 3.8) is 0 Å². The SMILES string of the molecule is CCOC(=O)CCC[C@@H](CP(I)(c1ccccc1)(c1ccccc1)c1ccccc1)OC(C)=O. The van der Waals surface area contributed by atoms with Crippen LogP contribution in [0.3, 0.4) is 0 Å². The van der Waals surface area contributed by atoms with E-state index in [0.717, 1.165) is 0 Å². The molecule has 3 rings (SSSR count). The van der Waals surface area contributed by atoms with E-state index in [1.54, 1.807) is 6.92 Å². The summed E-state index contributed by atoms with van der Waals surface area (Å²) in [7, 11) is 0. The summed E-state index contributed by atoms with van der Waals surface area (Å²) in [6, 6.07) is 31.6. The van der Waals surface area contributed by atoms with Gasteiger partial charge in [-0.25, -0.2) is 0 Å². The number of hydrogen-bond acceptors (Lipinski definition) is 4. The molecule has 0 N–H and O–H groups in total. The van der Waals surface area contributed by atoms with Gasteiger partial charge in [-0.05, 0) is 0 Å². The topological polar surface area (TPSA) is 52.6 Å². The first-order valence-corrected chi connectivity index (χ1v) is 16.8. The normalized spacial score (nSPS) is 13.3. The van der Waals surface area contributed by atoms with Crippen molar-refractivity contribution in [1.82, 2.24) is 0 Å². The van der Waals surface area contributed by atoms with E-state index in [0.29, 0.717) is 32.0 Å². The summed E-state index contributed by atoms with van der Waals surface area (Å²) in [5.74, 6) is -0.526. The van der Waals surface area contributed by atoms with Gasteiger partial charge in [-0.1, -0.05) is 0 Å².